The SMILES string of the molecule is c1ccc(-c2ccc(-c3nc(-c4ccc(-c5ccccc5)cc4)nc(-c4cc(-c5ccccc5)c(-n5c6ccccc6c6ccc7c(c8ccccc8n7-c7ccccc7)c65)c(-c5ccccc5)c4)n3)cc2)cc1. The summed E-state index contributed by atoms with van der Waals surface area (Å²) in [6, 6.07) is 97.2. The average Bonchev–Trinajstić information content (AvgIpc) is 4.01. The van der Waals surface area contributed by atoms with Gasteiger partial charge in [-0.3, -0.25) is 0 Å². The van der Waals surface area contributed by atoms with E-state index in [9.17, 15) is 0 Å². The number of aromatic nitrogens is 5. The fraction of sp³-hybridized carbons (Fsp3) is 0. The maximum Gasteiger partial charge on any atom is 0.164 e. The zero-order valence-corrected chi connectivity index (χ0v) is 40.2. The van der Waals surface area contributed by atoms with Crippen molar-refractivity contribution in [2.75, 3.05) is 0 Å². The van der Waals surface area contributed by atoms with Crippen LogP contribution in [0.15, 0.2) is 273 Å². The second-order valence-electron chi connectivity index (χ2n) is 18.7. The molecule has 5 nitrogen and oxygen atoms in total. The predicted octanol–water partition coefficient (Wildman–Crippen LogP) is 17.7. The summed E-state index contributed by atoms with van der Waals surface area (Å²) in [6.07, 6.45) is 0. The van der Waals surface area contributed by atoms with Crippen LogP contribution in [0.4, 0.5) is 0 Å². The van der Waals surface area contributed by atoms with Crippen molar-refractivity contribution >= 4 is 43.6 Å². The quantitative estimate of drug-likeness (QED) is 0.145. The Morgan fingerprint density at radius 3 is 1.12 bits per heavy atom. The zero-order chi connectivity index (χ0) is 49.0. The normalized spacial score (nSPS) is 11.5. The van der Waals surface area contributed by atoms with Gasteiger partial charge in [0.25, 0.3) is 0 Å². The highest BCUT2D eigenvalue weighted by Crippen LogP contribution is 2.47. The van der Waals surface area contributed by atoms with Crippen LogP contribution in [0, 0.1) is 0 Å². The van der Waals surface area contributed by atoms with Gasteiger partial charge in [0, 0.05) is 55.0 Å². The Bertz CT molecular complexity index is 4190. The Morgan fingerprint density at radius 1 is 0.243 bits per heavy atom. The van der Waals surface area contributed by atoms with Crippen LogP contribution in [-0.2, 0) is 0 Å². The molecule has 0 aliphatic heterocycles. The van der Waals surface area contributed by atoms with Crippen LogP contribution in [0.5, 0.6) is 0 Å². The molecule has 0 amide bonds. The van der Waals surface area contributed by atoms with Gasteiger partial charge < -0.3 is 9.13 Å². The second kappa shape index (κ2) is 18.0. The van der Waals surface area contributed by atoms with Crippen molar-refractivity contribution < 1.29 is 0 Å². The van der Waals surface area contributed by atoms with Crippen molar-refractivity contribution in [2.45, 2.75) is 0 Å². The van der Waals surface area contributed by atoms with Gasteiger partial charge in [0.15, 0.2) is 17.5 Å². The van der Waals surface area contributed by atoms with Crippen molar-refractivity contribution in [2.24, 2.45) is 0 Å². The minimum Gasteiger partial charge on any atom is -0.309 e. The van der Waals surface area contributed by atoms with Crippen LogP contribution in [-0.4, -0.2) is 24.1 Å². The minimum atomic E-state index is 0.584. The smallest absolute Gasteiger partial charge is 0.164 e. The molecule has 14 rings (SSSR count). The van der Waals surface area contributed by atoms with Crippen molar-refractivity contribution in [3.05, 3.63) is 273 Å². The maximum atomic E-state index is 5.40. The number of hydrogen-bond acceptors (Lipinski definition) is 3. The Hall–Kier alpha value is -9.97. The van der Waals surface area contributed by atoms with Gasteiger partial charge in [-0.25, -0.2) is 15.0 Å². The number of rotatable bonds is 9. The highest BCUT2D eigenvalue weighted by molar-refractivity contribution is 6.26. The molecule has 0 aliphatic carbocycles. The van der Waals surface area contributed by atoms with E-state index in [1.54, 1.807) is 0 Å². The minimum absolute atomic E-state index is 0.584. The van der Waals surface area contributed by atoms with Crippen LogP contribution >= 0.6 is 0 Å². The number of fused-ring (bicyclic) bond motifs is 7. The molecule has 5 heteroatoms. The fourth-order valence-corrected chi connectivity index (χ4v) is 10.9. The van der Waals surface area contributed by atoms with Crippen molar-refractivity contribution in [1.82, 2.24) is 24.1 Å². The molecule has 14 aromatic rings. The summed E-state index contributed by atoms with van der Waals surface area (Å²) in [5.74, 6) is 1.78. The Labute approximate surface area is 428 Å². The molecule has 3 heterocycles. The lowest BCUT2D eigenvalue weighted by Crippen LogP contribution is -2.04. The molecular weight excluding hydrogens is 899 g/mol. The molecule has 11 aromatic carbocycles. The van der Waals surface area contributed by atoms with Gasteiger partial charge in [-0.1, -0.05) is 231 Å². The van der Waals surface area contributed by atoms with E-state index in [4.69, 9.17) is 15.0 Å². The Kier molecular flexibility index (Phi) is 10.4. The van der Waals surface area contributed by atoms with E-state index in [-0.39, 0.29) is 0 Å². The Balaban J connectivity index is 1.06. The van der Waals surface area contributed by atoms with Gasteiger partial charge in [-0.2, -0.15) is 0 Å². The Morgan fingerprint density at radius 2 is 0.622 bits per heavy atom. The first kappa shape index (κ1) is 42.9. The lowest BCUT2D eigenvalue weighted by Gasteiger charge is -2.21. The lowest BCUT2D eigenvalue weighted by atomic mass is 9.92. The summed E-state index contributed by atoms with van der Waals surface area (Å²) in [5.41, 5.74) is 18.3. The van der Waals surface area contributed by atoms with E-state index in [0.29, 0.717) is 17.5 Å². The third kappa shape index (κ3) is 7.37. The van der Waals surface area contributed by atoms with Gasteiger partial charge in [0.2, 0.25) is 0 Å². The van der Waals surface area contributed by atoms with Gasteiger partial charge >= 0.3 is 0 Å². The molecular formula is C69H45N5. The van der Waals surface area contributed by atoms with E-state index in [1.165, 1.54) is 21.5 Å². The van der Waals surface area contributed by atoms with Gasteiger partial charge in [0.1, 0.15) is 0 Å². The lowest BCUT2D eigenvalue weighted by molar-refractivity contribution is 1.07. The predicted molar refractivity (Wildman–Crippen MR) is 307 cm³/mol. The molecule has 3 aromatic heterocycles. The fourth-order valence-electron chi connectivity index (χ4n) is 10.9. The van der Waals surface area contributed by atoms with Crippen LogP contribution in [0.3, 0.4) is 0 Å². The topological polar surface area (TPSA) is 48.5 Å². The maximum absolute atomic E-state index is 5.40. The summed E-state index contributed by atoms with van der Waals surface area (Å²) < 4.78 is 4.95. The third-order valence-corrected chi connectivity index (χ3v) is 14.4. The molecule has 0 unspecified atom stereocenters. The monoisotopic (exact) mass is 943 g/mol. The third-order valence-electron chi connectivity index (χ3n) is 14.4. The second-order valence-corrected chi connectivity index (χ2v) is 18.7. The molecule has 0 aliphatic rings. The van der Waals surface area contributed by atoms with E-state index < -0.39 is 0 Å². The molecule has 346 valence electrons. The molecule has 0 saturated heterocycles. The first-order valence-corrected chi connectivity index (χ1v) is 25.1. The van der Waals surface area contributed by atoms with Gasteiger partial charge in [-0.05, 0) is 75.8 Å². The number of hydrogen-bond donors (Lipinski definition) is 0. The van der Waals surface area contributed by atoms with E-state index >= 15 is 0 Å². The van der Waals surface area contributed by atoms with Crippen LogP contribution < -0.4 is 0 Å². The molecule has 0 radical (unpaired) electrons. The van der Waals surface area contributed by atoms with E-state index in [0.717, 1.165) is 94.6 Å². The molecule has 74 heavy (non-hydrogen) atoms. The first-order valence-electron chi connectivity index (χ1n) is 25.1. The van der Waals surface area contributed by atoms with Crippen molar-refractivity contribution in [1.29, 1.82) is 0 Å². The summed E-state index contributed by atoms with van der Waals surface area (Å²) in [7, 11) is 0. The summed E-state index contributed by atoms with van der Waals surface area (Å²) in [5, 5.41) is 4.77. The standard InChI is InChI=1S/C69H45N5/c1-6-20-46(21-7-1)48-34-38-52(39-35-48)67-70-68(53-40-36-49(37-41-53)47-22-8-2-9-23-47)72-69(71-67)54-44-59(50-24-10-3-11-25-50)65(60(45-54)51-26-12-4-13-27-51)74-61-32-18-16-30-56(61)57-42-43-63-64(66(57)74)58-31-17-19-33-62(58)73(63)55-28-14-5-15-29-55/h1-45H. The highest BCUT2D eigenvalue weighted by Gasteiger charge is 2.26. The molecule has 0 saturated carbocycles. The summed E-state index contributed by atoms with van der Waals surface area (Å²) in [4.78, 5) is 16.0. The molecule has 0 N–H and O–H groups in total. The number of nitrogens with zero attached hydrogens (tertiary/aromatic N) is 5. The largest absolute Gasteiger partial charge is 0.309 e. The first-order chi connectivity index (χ1) is 36.7. The van der Waals surface area contributed by atoms with Crippen LogP contribution in [0.25, 0.3) is 134 Å². The number of para-hydroxylation sites is 3. The van der Waals surface area contributed by atoms with Gasteiger partial charge in [0.05, 0.1) is 27.8 Å². The van der Waals surface area contributed by atoms with Crippen molar-refractivity contribution in [3.63, 3.8) is 0 Å². The molecule has 0 fully saturated rings. The molecule has 0 bridgehead atoms. The van der Waals surface area contributed by atoms with E-state index in [1.807, 2.05) is 12.1 Å². The average molecular weight is 944 g/mol. The van der Waals surface area contributed by atoms with Gasteiger partial charge in [-0.15, -0.1) is 0 Å². The zero-order valence-electron chi connectivity index (χ0n) is 40.2. The van der Waals surface area contributed by atoms with Crippen molar-refractivity contribution in [3.8, 4) is 90.0 Å². The summed E-state index contributed by atoms with van der Waals surface area (Å²) >= 11 is 0. The molecule has 0 atom stereocenters. The summed E-state index contributed by atoms with van der Waals surface area (Å²) in [6.45, 7) is 0. The number of benzene rings is 11. The van der Waals surface area contributed by atoms with Crippen LogP contribution in [0.1, 0.15) is 0 Å². The molecule has 0 spiro atoms. The van der Waals surface area contributed by atoms with E-state index in [2.05, 4.69) is 270 Å². The van der Waals surface area contributed by atoms with Crippen LogP contribution in [0.2, 0.25) is 0 Å². The highest BCUT2D eigenvalue weighted by atomic mass is 15.0.